The molecule has 24 heavy (non-hydrogen) atoms. The van der Waals surface area contributed by atoms with Crippen molar-refractivity contribution in [3.63, 3.8) is 0 Å². The standard InChI is InChI=1S/C19H29N3O2/c1-13-6-7-16(20)22(13)17-14(2)15(23)8-11-18(17,3)24-12-19(21)9-4-5-10-19/h6-8,11,17,23H,4-5,9-10,12,20-21H2,1-3H3. The van der Waals surface area contributed by atoms with Gasteiger partial charge in [-0.3, -0.25) is 0 Å². The van der Waals surface area contributed by atoms with Crippen LogP contribution in [0, 0.1) is 6.92 Å². The Hall–Kier alpha value is -1.72. The van der Waals surface area contributed by atoms with Crippen molar-refractivity contribution < 1.29 is 9.84 Å². The van der Waals surface area contributed by atoms with Crippen LogP contribution < -0.4 is 11.5 Å². The molecule has 0 saturated heterocycles. The monoisotopic (exact) mass is 331 g/mol. The molecular weight excluding hydrogens is 302 g/mol. The van der Waals surface area contributed by atoms with E-state index in [1.165, 1.54) is 12.8 Å². The third-order valence-corrected chi connectivity index (χ3v) is 5.61. The summed E-state index contributed by atoms with van der Waals surface area (Å²) in [7, 11) is 0. The van der Waals surface area contributed by atoms with Crippen LogP contribution in [0.15, 0.2) is 35.6 Å². The summed E-state index contributed by atoms with van der Waals surface area (Å²) in [4.78, 5) is 0. The first kappa shape index (κ1) is 17.1. The van der Waals surface area contributed by atoms with Crippen LogP contribution in [-0.2, 0) is 4.74 Å². The Morgan fingerprint density at radius 2 is 1.96 bits per heavy atom. The highest BCUT2D eigenvalue weighted by Gasteiger charge is 2.42. The molecule has 0 bridgehead atoms. The molecule has 2 aliphatic carbocycles. The molecule has 1 aromatic rings. The molecule has 0 amide bonds. The van der Waals surface area contributed by atoms with Gasteiger partial charge in [-0.15, -0.1) is 0 Å². The van der Waals surface area contributed by atoms with Gasteiger partial charge in [-0.25, -0.2) is 0 Å². The van der Waals surface area contributed by atoms with Crippen LogP contribution in [-0.4, -0.2) is 27.4 Å². The second-order valence-corrected chi connectivity index (χ2v) is 7.62. The minimum Gasteiger partial charge on any atom is -0.508 e. The number of anilines is 1. The highest BCUT2D eigenvalue weighted by Crippen LogP contribution is 2.42. The third-order valence-electron chi connectivity index (χ3n) is 5.61. The van der Waals surface area contributed by atoms with E-state index in [-0.39, 0.29) is 17.3 Å². The van der Waals surface area contributed by atoms with Gasteiger partial charge in [0.25, 0.3) is 0 Å². The summed E-state index contributed by atoms with van der Waals surface area (Å²) < 4.78 is 8.42. The Morgan fingerprint density at radius 3 is 2.54 bits per heavy atom. The summed E-state index contributed by atoms with van der Waals surface area (Å²) in [5, 5.41) is 10.2. The molecule has 5 nitrogen and oxygen atoms in total. The number of hydrogen-bond acceptors (Lipinski definition) is 4. The molecule has 0 aliphatic heterocycles. The minimum atomic E-state index is -0.608. The number of allylic oxidation sites excluding steroid dienone is 1. The lowest BCUT2D eigenvalue weighted by atomic mass is 9.84. The highest BCUT2D eigenvalue weighted by atomic mass is 16.5. The molecule has 0 radical (unpaired) electrons. The van der Waals surface area contributed by atoms with E-state index >= 15 is 0 Å². The SMILES string of the molecule is CC1=C(O)C=CC(C)(OCC2(N)CCCC2)C1n1c(C)ccc1N. The van der Waals surface area contributed by atoms with E-state index in [1.807, 2.05) is 43.5 Å². The maximum atomic E-state index is 10.2. The predicted molar refractivity (Wildman–Crippen MR) is 96.8 cm³/mol. The van der Waals surface area contributed by atoms with E-state index in [2.05, 4.69) is 0 Å². The number of aryl methyl sites for hydroxylation is 1. The second kappa shape index (κ2) is 5.97. The Morgan fingerprint density at radius 1 is 1.29 bits per heavy atom. The first-order valence-electron chi connectivity index (χ1n) is 8.71. The quantitative estimate of drug-likeness (QED) is 0.789. The molecule has 5 N–H and O–H groups in total. The largest absolute Gasteiger partial charge is 0.508 e. The van der Waals surface area contributed by atoms with Crippen molar-refractivity contribution in [2.45, 2.75) is 63.6 Å². The van der Waals surface area contributed by atoms with Crippen LogP contribution in [0.25, 0.3) is 0 Å². The van der Waals surface area contributed by atoms with Crippen molar-refractivity contribution in [2.75, 3.05) is 12.3 Å². The molecule has 0 aromatic carbocycles. The van der Waals surface area contributed by atoms with Gasteiger partial charge < -0.3 is 25.9 Å². The number of nitrogens with two attached hydrogens (primary N) is 2. The van der Waals surface area contributed by atoms with Crippen LogP contribution in [0.3, 0.4) is 0 Å². The zero-order valence-corrected chi connectivity index (χ0v) is 14.9. The number of nitrogens with zero attached hydrogens (tertiary/aromatic N) is 1. The van der Waals surface area contributed by atoms with Crippen molar-refractivity contribution in [1.82, 2.24) is 4.57 Å². The van der Waals surface area contributed by atoms with E-state index in [4.69, 9.17) is 16.2 Å². The first-order valence-corrected chi connectivity index (χ1v) is 8.71. The number of aliphatic hydroxyl groups excluding tert-OH is 1. The molecule has 1 aromatic heterocycles. The Balaban J connectivity index is 1.94. The molecule has 1 fully saturated rings. The molecule has 1 heterocycles. The minimum absolute atomic E-state index is 0.192. The second-order valence-electron chi connectivity index (χ2n) is 7.62. The predicted octanol–water partition coefficient (Wildman–Crippen LogP) is 3.37. The lowest BCUT2D eigenvalue weighted by molar-refractivity contribution is -0.0470. The van der Waals surface area contributed by atoms with Gasteiger partial charge in [0, 0.05) is 11.2 Å². The van der Waals surface area contributed by atoms with Gasteiger partial charge >= 0.3 is 0 Å². The summed E-state index contributed by atoms with van der Waals surface area (Å²) in [6.07, 6.45) is 7.98. The smallest absolute Gasteiger partial charge is 0.116 e. The molecule has 3 rings (SSSR count). The van der Waals surface area contributed by atoms with Crippen LogP contribution in [0.5, 0.6) is 0 Å². The average molecular weight is 331 g/mol. The number of rotatable bonds is 4. The summed E-state index contributed by atoms with van der Waals surface area (Å²) in [5.41, 5.74) is 13.7. The van der Waals surface area contributed by atoms with Gasteiger partial charge in [0.1, 0.15) is 17.2 Å². The van der Waals surface area contributed by atoms with Gasteiger partial charge in [0.15, 0.2) is 0 Å². The summed E-state index contributed by atoms with van der Waals surface area (Å²) in [6, 6.07) is 3.68. The molecule has 132 valence electrons. The topological polar surface area (TPSA) is 86.4 Å². The molecule has 2 unspecified atom stereocenters. The van der Waals surface area contributed by atoms with E-state index in [1.54, 1.807) is 6.08 Å². The van der Waals surface area contributed by atoms with Gasteiger partial charge in [-0.05, 0) is 63.5 Å². The Labute approximate surface area is 144 Å². The molecule has 5 heteroatoms. The fraction of sp³-hybridized carbons (Fsp3) is 0.579. The first-order chi connectivity index (χ1) is 11.3. The number of nitrogen functional groups attached to an aromatic ring is 1. The lowest BCUT2D eigenvalue weighted by Gasteiger charge is -2.42. The summed E-state index contributed by atoms with van der Waals surface area (Å²) >= 11 is 0. The fourth-order valence-corrected chi connectivity index (χ4v) is 4.06. The average Bonchev–Trinajstić information content (AvgIpc) is 3.11. The van der Waals surface area contributed by atoms with Gasteiger partial charge in [-0.1, -0.05) is 12.8 Å². The van der Waals surface area contributed by atoms with Crippen LogP contribution in [0.2, 0.25) is 0 Å². The molecule has 2 aliphatic rings. The summed E-state index contributed by atoms with van der Waals surface area (Å²) in [5.74, 6) is 0.940. The lowest BCUT2D eigenvalue weighted by Crippen LogP contribution is -2.48. The van der Waals surface area contributed by atoms with Crippen molar-refractivity contribution in [3.05, 3.63) is 41.3 Å². The van der Waals surface area contributed by atoms with E-state index in [9.17, 15) is 5.11 Å². The van der Waals surface area contributed by atoms with Crippen molar-refractivity contribution in [1.29, 1.82) is 0 Å². The molecular formula is C19H29N3O2. The molecule has 0 spiro atoms. The van der Waals surface area contributed by atoms with Crippen molar-refractivity contribution in [2.24, 2.45) is 5.73 Å². The van der Waals surface area contributed by atoms with E-state index in [0.29, 0.717) is 12.4 Å². The van der Waals surface area contributed by atoms with Crippen molar-refractivity contribution in [3.8, 4) is 0 Å². The van der Waals surface area contributed by atoms with Crippen LogP contribution in [0.1, 0.15) is 51.3 Å². The number of hydrogen-bond donors (Lipinski definition) is 3. The maximum Gasteiger partial charge on any atom is 0.116 e. The van der Waals surface area contributed by atoms with Crippen LogP contribution >= 0.6 is 0 Å². The molecule has 1 saturated carbocycles. The highest BCUT2D eigenvalue weighted by molar-refractivity contribution is 5.41. The number of aromatic nitrogens is 1. The Bertz CT molecular complexity index is 663. The zero-order valence-electron chi connectivity index (χ0n) is 14.9. The molecule has 2 atom stereocenters. The van der Waals surface area contributed by atoms with Gasteiger partial charge in [0.2, 0.25) is 0 Å². The fourth-order valence-electron chi connectivity index (χ4n) is 4.06. The number of ether oxygens (including phenoxy) is 1. The third kappa shape index (κ3) is 2.87. The zero-order chi connectivity index (χ0) is 17.5. The van der Waals surface area contributed by atoms with Gasteiger partial charge in [0.05, 0.1) is 12.6 Å². The van der Waals surface area contributed by atoms with Crippen LogP contribution in [0.4, 0.5) is 5.82 Å². The Kier molecular flexibility index (Phi) is 4.26. The summed E-state index contributed by atoms with van der Waals surface area (Å²) in [6.45, 7) is 6.50. The van der Waals surface area contributed by atoms with Crippen molar-refractivity contribution >= 4 is 5.82 Å². The van der Waals surface area contributed by atoms with Gasteiger partial charge in [-0.2, -0.15) is 0 Å². The normalized spacial score (nSPS) is 29.4. The maximum absolute atomic E-state index is 10.2. The van der Waals surface area contributed by atoms with E-state index in [0.717, 1.165) is 24.1 Å². The number of aliphatic hydroxyl groups is 1. The van der Waals surface area contributed by atoms with E-state index < -0.39 is 5.60 Å².